The number of urea groups is 1. The first-order valence-electron chi connectivity index (χ1n) is 6.13. The van der Waals surface area contributed by atoms with Crippen LogP contribution >= 0.6 is 11.8 Å². The van der Waals surface area contributed by atoms with Crippen molar-refractivity contribution >= 4 is 29.4 Å². The summed E-state index contributed by atoms with van der Waals surface area (Å²) in [6.45, 7) is 0. The van der Waals surface area contributed by atoms with E-state index < -0.39 is 12.1 Å². The van der Waals surface area contributed by atoms with Crippen LogP contribution in [-0.2, 0) is 4.79 Å². The summed E-state index contributed by atoms with van der Waals surface area (Å²) in [6.07, 6.45) is 0. The van der Waals surface area contributed by atoms with E-state index in [4.69, 9.17) is 11.8 Å². The molecule has 1 unspecified atom stereocenters. The van der Waals surface area contributed by atoms with Crippen LogP contribution in [0.1, 0.15) is 11.6 Å². The summed E-state index contributed by atoms with van der Waals surface area (Å²) in [7, 11) is 0. The molecule has 0 bridgehead atoms. The number of imide groups is 1. The molecule has 0 aromatic heterocycles. The second kappa shape index (κ2) is 4.98. The van der Waals surface area contributed by atoms with Crippen molar-refractivity contribution in [3.8, 4) is 0 Å². The van der Waals surface area contributed by atoms with Crippen LogP contribution in [0.3, 0.4) is 0 Å². The summed E-state index contributed by atoms with van der Waals surface area (Å²) in [5.74, 6) is -0.345. The molecule has 0 radical (unpaired) electrons. The zero-order valence-corrected chi connectivity index (χ0v) is 11.2. The largest absolute Gasteiger partial charge is 0.347 e. The number of carbonyl (C=O) groups is 2. The van der Waals surface area contributed by atoms with Crippen LogP contribution in [0, 0.1) is 0 Å². The number of amides is 3. The summed E-state index contributed by atoms with van der Waals surface area (Å²) in [5, 5.41) is 0. The SMILES string of the molecule is O=C1C(c2ccccc2)N(Cl)C(=O)N1c1ccccc1. The lowest BCUT2D eigenvalue weighted by molar-refractivity contribution is -0.119. The third-order valence-electron chi connectivity index (χ3n) is 3.18. The van der Waals surface area contributed by atoms with Crippen molar-refractivity contribution in [3.63, 3.8) is 0 Å². The van der Waals surface area contributed by atoms with E-state index in [0.717, 1.165) is 9.32 Å². The van der Waals surface area contributed by atoms with Crippen LogP contribution in [0.5, 0.6) is 0 Å². The Bertz CT molecular complexity index is 645. The van der Waals surface area contributed by atoms with Gasteiger partial charge in [0.1, 0.15) is 0 Å². The van der Waals surface area contributed by atoms with E-state index in [1.807, 2.05) is 24.3 Å². The van der Waals surface area contributed by atoms with Crippen LogP contribution in [-0.4, -0.2) is 16.4 Å². The maximum atomic E-state index is 12.5. The van der Waals surface area contributed by atoms with Crippen molar-refractivity contribution in [1.29, 1.82) is 0 Å². The Morgan fingerprint density at radius 2 is 1.40 bits per heavy atom. The Hall–Kier alpha value is -2.33. The predicted octanol–water partition coefficient (Wildman–Crippen LogP) is 3.35. The van der Waals surface area contributed by atoms with E-state index in [9.17, 15) is 9.59 Å². The highest BCUT2D eigenvalue weighted by Crippen LogP contribution is 2.35. The molecule has 1 heterocycles. The number of para-hydroxylation sites is 1. The van der Waals surface area contributed by atoms with Crippen molar-refractivity contribution in [2.24, 2.45) is 0 Å². The molecule has 2 aromatic carbocycles. The van der Waals surface area contributed by atoms with Gasteiger partial charge in [0.25, 0.3) is 5.91 Å². The second-order valence-corrected chi connectivity index (χ2v) is 4.78. The molecule has 0 spiro atoms. The molecule has 0 aliphatic carbocycles. The lowest BCUT2D eigenvalue weighted by atomic mass is 10.1. The van der Waals surface area contributed by atoms with Crippen molar-refractivity contribution in [1.82, 2.24) is 4.42 Å². The second-order valence-electron chi connectivity index (χ2n) is 4.42. The minimum atomic E-state index is -0.787. The molecular formula is C15H11ClN2O2. The minimum Gasteiger partial charge on any atom is -0.271 e. The number of halogens is 1. The standard InChI is InChI=1S/C15H11ClN2O2/c16-18-13(11-7-3-1-4-8-11)14(19)17(15(18)20)12-9-5-2-6-10-12/h1-10,13H. The molecule has 1 saturated heterocycles. The molecular weight excluding hydrogens is 276 g/mol. The molecule has 3 amide bonds. The highest BCUT2D eigenvalue weighted by Gasteiger charge is 2.46. The fraction of sp³-hybridized carbons (Fsp3) is 0.0667. The average Bonchev–Trinajstić information content (AvgIpc) is 2.71. The van der Waals surface area contributed by atoms with Crippen LogP contribution in [0.25, 0.3) is 0 Å². The van der Waals surface area contributed by atoms with Gasteiger partial charge in [0.2, 0.25) is 0 Å². The molecule has 4 nitrogen and oxygen atoms in total. The predicted molar refractivity (Wildman–Crippen MR) is 76.2 cm³/mol. The first-order chi connectivity index (χ1) is 9.70. The fourth-order valence-electron chi connectivity index (χ4n) is 2.24. The summed E-state index contributed by atoms with van der Waals surface area (Å²) in [6, 6.07) is 16.5. The van der Waals surface area contributed by atoms with Gasteiger partial charge < -0.3 is 0 Å². The van der Waals surface area contributed by atoms with Gasteiger partial charge in [-0.2, -0.15) is 0 Å². The Labute approximate surface area is 121 Å². The number of anilines is 1. The van der Waals surface area contributed by atoms with Crippen LogP contribution in [0.2, 0.25) is 0 Å². The van der Waals surface area contributed by atoms with Gasteiger partial charge in [-0.3, -0.25) is 4.79 Å². The maximum Gasteiger partial charge on any atom is 0.347 e. The zero-order valence-electron chi connectivity index (χ0n) is 10.4. The maximum absolute atomic E-state index is 12.5. The Balaban J connectivity index is 2.01. The monoisotopic (exact) mass is 286 g/mol. The van der Waals surface area contributed by atoms with Crippen LogP contribution < -0.4 is 4.90 Å². The van der Waals surface area contributed by atoms with Gasteiger partial charge in [0.15, 0.2) is 6.04 Å². The van der Waals surface area contributed by atoms with Crippen LogP contribution in [0.15, 0.2) is 60.7 Å². The lowest BCUT2D eigenvalue weighted by Crippen LogP contribution is -2.30. The van der Waals surface area contributed by atoms with E-state index >= 15 is 0 Å². The molecule has 5 heteroatoms. The molecule has 1 fully saturated rings. The van der Waals surface area contributed by atoms with E-state index in [0.29, 0.717) is 11.3 Å². The third-order valence-corrected chi connectivity index (χ3v) is 3.52. The highest BCUT2D eigenvalue weighted by atomic mass is 35.5. The van der Waals surface area contributed by atoms with E-state index in [2.05, 4.69) is 0 Å². The topological polar surface area (TPSA) is 40.6 Å². The van der Waals surface area contributed by atoms with Crippen molar-refractivity contribution in [2.75, 3.05) is 4.90 Å². The van der Waals surface area contributed by atoms with Crippen molar-refractivity contribution in [2.45, 2.75) is 6.04 Å². The zero-order chi connectivity index (χ0) is 14.1. The third kappa shape index (κ3) is 1.94. The van der Waals surface area contributed by atoms with Gasteiger partial charge in [-0.25, -0.2) is 14.1 Å². The molecule has 0 N–H and O–H groups in total. The number of nitrogens with zero attached hydrogens (tertiary/aromatic N) is 2. The lowest BCUT2D eigenvalue weighted by Gasteiger charge is -2.12. The van der Waals surface area contributed by atoms with E-state index in [1.54, 1.807) is 36.4 Å². The molecule has 1 atom stereocenters. The van der Waals surface area contributed by atoms with Gasteiger partial charge in [-0.05, 0) is 17.7 Å². The smallest absolute Gasteiger partial charge is 0.271 e. The average molecular weight is 287 g/mol. The highest BCUT2D eigenvalue weighted by molar-refractivity contribution is 6.33. The molecule has 1 aliphatic rings. The summed E-state index contributed by atoms with van der Waals surface area (Å²) in [4.78, 5) is 25.8. The number of rotatable bonds is 2. The molecule has 1 aliphatic heterocycles. The van der Waals surface area contributed by atoms with E-state index in [-0.39, 0.29) is 5.91 Å². The Morgan fingerprint density at radius 3 is 2.00 bits per heavy atom. The minimum absolute atomic E-state index is 0.345. The quantitative estimate of drug-likeness (QED) is 0.627. The number of hydrogen-bond acceptors (Lipinski definition) is 2. The van der Waals surface area contributed by atoms with Gasteiger partial charge in [-0.15, -0.1) is 0 Å². The van der Waals surface area contributed by atoms with Crippen molar-refractivity contribution < 1.29 is 9.59 Å². The first kappa shape index (κ1) is 12.7. The number of hydrogen-bond donors (Lipinski definition) is 0. The van der Waals surface area contributed by atoms with Crippen LogP contribution in [0.4, 0.5) is 10.5 Å². The molecule has 100 valence electrons. The van der Waals surface area contributed by atoms with Gasteiger partial charge >= 0.3 is 6.03 Å². The summed E-state index contributed by atoms with van der Waals surface area (Å²) < 4.78 is 0.949. The molecule has 0 saturated carbocycles. The molecule has 2 aromatic rings. The first-order valence-corrected chi connectivity index (χ1v) is 6.47. The van der Waals surface area contributed by atoms with Crippen molar-refractivity contribution in [3.05, 3.63) is 66.2 Å². The molecule has 3 rings (SSSR count). The van der Waals surface area contributed by atoms with Gasteiger partial charge in [0, 0.05) is 11.8 Å². The fourth-order valence-corrected chi connectivity index (χ4v) is 2.51. The van der Waals surface area contributed by atoms with Gasteiger partial charge in [0.05, 0.1) is 5.69 Å². The summed E-state index contributed by atoms with van der Waals surface area (Å²) >= 11 is 6.02. The summed E-state index contributed by atoms with van der Waals surface area (Å²) in [5.41, 5.74) is 1.21. The Morgan fingerprint density at radius 1 is 0.850 bits per heavy atom. The number of carbonyl (C=O) groups excluding carboxylic acids is 2. The molecule has 20 heavy (non-hydrogen) atoms. The normalized spacial score (nSPS) is 18.8. The Kier molecular flexibility index (Phi) is 3.16. The van der Waals surface area contributed by atoms with E-state index in [1.165, 1.54) is 0 Å². The number of benzene rings is 2. The van der Waals surface area contributed by atoms with Gasteiger partial charge in [-0.1, -0.05) is 48.5 Å².